The molecular weight excluding hydrogens is 292 g/mol. The van der Waals surface area contributed by atoms with Crippen molar-refractivity contribution in [2.75, 3.05) is 25.2 Å². The van der Waals surface area contributed by atoms with Gasteiger partial charge in [-0.2, -0.15) is 0 Å². The van der Waals surface area contributed by atoms with Crippen molar-refractivity contribution in [3.63, 3.8) is 0 Å². The van der Waals surface area contributed by atoms with Crippen LogP contribution >= 0.6 is 0 Å². The minimum absolute atomic E-state index is 0.0219. The van der Waals surface area contributed by atoms with E-state index in [9.17, 15) is 13.2 Å². The Kier molecular flexibility index (Phi) is 6.68. The minimum Gasteiger partial charge on any atom is -0.490 e. The molecule has 0 saturated carbocycles. The maximum atomic E-state index is 12.1. The molecule has 21 heavy (non-hydrogen) atoms. The number of sulfone groups is 1. The van der Waals surface area contributed by atoms with Gasteiger partial charge in [0.15, 0.2) is 17.3 Å². The Morgan fingerprint density at radius 3 is 2.29 bits per heavy atom. The van der Waals surface area contributed by atoms with Crippen LogP contribution in [0.25, 0.3) is 0 Å². The Morgan fingerprint density at radius 2 is 1.71 bits per heavy atom. The second-order valence-corrected chi connectivity index (χ2v) is 6.94. The van der Waals surface area contributed by atoms with Crippen molar-refractivity contribution in [2.24, 2.45) is 0 Å². The summed E-state index contributed by atoms with van der Waals surface area (Å²) < 4.78 is 33.0. The van der Waals surface area contributed by atoms with E-state index in [0.29, 0.717) is 36.7 Å². The average Bonchev–Trinajstić information content (AvgIpc) is 2.39. The monoisotopic (exact) mass is 314 g/mol. The summed E-state index contributed by atoms with van der Waals surface area (Å²) in [5.74, 6) is 1.07. The molecule has 1 aromatic rings. The zero-order valence-corrected chi connectivity index (χ0v) is 13.5. The van der Waals surface area contributed by atoms with Crippen LogP contribution in [0, 0.1) is 0 Å². The van der Waals surface area contributed by atoms with Gasteiger partial charge >= 0.3 is 0 Å². The van der Waals surface area contributed by atoms with Gasteiger partial charge in [-0.1, -0.05) is 0 Å². The Hall–Kier alpha value is -1.56. The van der Waals surface area contributed by atoms with E-state index >= 15 is 0 Å². The summed E-state index contributed by atoms with van der Waals surface area (Å²) in [5, 5.41) is 0. The van der Waals surface area contributed by atoms with Crippen LogP contribution in [0.2, 0.25) is 0 Å². The molecule has 118 valence electrons. The summed E-state index contributed by atoms with van der Waals surface area (Å²) in [6, 6.07) is 5.03. The molecule has 1 aromatic carbocycles. The molecule has 6 heteroatoms. The van der Waals surface area contributed by atoms with E-state index in [0.717, 1.165) is 0 Å². The molecule has 0 amide bonds. The zero-order chi connectivity index (χ0) is 15.9. The summed E-state index contributed by atoms with van der Waals surface area (Å²) in [7, 11) is -3.03. The SMILES string of the molecule is CCOc1ccc(C(=O)CCCS(C)(=O)=O)cc1OCC. The lowest BCUT2D eigenvalue weighted by Gasteiger charge is -2.12. The van der Waals surface area contributed by atoms with E-state index in [1.165, 1.54) is 6.26 Å². The van der Waals surface area contributed by atoms with E-state index < -0.39 is 9.84 Å². The quantitative estimate of drug-likeness (QED) is 0.655. The molecule has 0 N–H and O–H groups in total. The maximum absolute atomic E-state index is 12.1. The largest absolute Gasteiger partial charge is 0.490 e. The van der Waals surface area contributed by atoms with Crippen molar-refractivity contribution in [1.29, 1.82) is 0 Å². The Balaban J connectivity index is 2.78. The van der Waals surface area contributed by atoms with E-state index in [-0.39, 0.29) is 18.0 Å². The van der Waals surface area contributed by atoms with Crippen molar-refractivity contribution in [2.45, 2.75) is 26.7 Å². The number of hydrogen-bond acceptors (Lipinski definition) is 5. The third kappa shape index (κ3) is 6.16. The molecule has 0 aromatic heterocycles. The van der Waals surface area contributed by atoms with Crippen LogP contribution in [0.1, 0.15) is 37.0 Å². The molecule has 0 fully saturated rings. The highest BCUT2D eigenvalue weighted by atomic mass is 32.2. The predicted octanol–water partition coefficient (Wildman–Crippen LogP) is 2.49. The Labute approximate surface area is 126 Å². The summed E-state index contributed by atoms with van der Waals surface area (Å²) in [5.41, 5.74) is 0.510. The van der Waals surface area contributed by atoms with Gasteiger partial charge in [-0.25, -0.2) is 8.42 Å². The van der Waals surface area contributed by atoms with Crippen LogP contribution in [0.5, 0.6) is 11.5 Å². The van der Waals surface area contributed by atoms with E-state index in [1.807, 2.05) is 13.8 Å². The summed E-state index contributed by atoms with van der Waals surface area (Å²) in [6.07, 6.45) is 1.70. The molecule has 0 aliphatic heterocycles. The molecular formula is C15H22O5S. The smallest absolute Gasteiger partial charge is 0.163 e. The lowest BCUT2D eigenvalue weighted by Crippen LogP contribution is -2.07. The minimum atomic E-state index is -3.03. The topological polar surface area (TPSA) is 69.7 Å². The van der Waals surface area contributed by atoms with Crippen LogP contribution in [0.3, 0.4) is 0 Å². The third-order valence-electron chi connectivity index (χ3n) is 2.78. The molecule has 0 atom stereocenters. The molecule has 1 rings (SSSR count). The van der Waals surface area contributed by atoms with Gasteiger partial charge in [-0.15, -0.1) is 0 Å². The van der Waals surface area contributed by atoms with Gasteiger partial charge in [0.2, 0.25) is 0 Å². The van der Waals surface area contributed by atoms with Gasteiger partial charge in [0.1, 0.15) is 9.84 Å². The van der Waals surface area contributed by atoms with Crippen molar-refractivity contribution in [3.05, 3.63) is 23.8 Å². The Morgan fingerprint density at radius 1 is 1.10 bits per heavy atom. The van der Waals surface area contributed by atoms with Crippen LogP contribution < -0.4 is 9.47 Å². The normalized spacial score (nSPS) is 11.2. The van der Waals surface area contributed by atoms with Gasteiger partial charge in [-0.3, -0.25) is 4.79 Å². The number of rotatable bonds is 9. The van der Waals surface area contributed by atoms with Crippen LogP contribution in [-0.2, 0) is 9.84 Å². The van der Waals surface area contributed by atoms with E-state index in [4.69, 9.17) is 9.47 Å². The number of ether oxygens (including phenoxy) is 2. The fraction of sp³-hybridized carbons (Fsp3) is 0.533. The number of ketones is 1. The summed E-state index contributed by atoms with van der Waals surface area (Å²) in [6.45, 7) is 4.73. The van der Waals surface area contributed by atoms with Crippen molar-refractivity contribution in [3.8, 4) is 11.5 Å². The van der Waals surface area contributed by atoms with E-state index in [1.54, 1.807) is 18.2 Å². The van der Waals surface area contributed by atoms with Gasteiger partial charge in [0.05, 0.1) is 19.0 Å². The van der Waals surface area contributed by atoms with Gasteiger partial charge in [-0.05, 0) is 38.5 Å². The fourth-order valence-electron chi connectivity index (χ4n) is 1.86. The number of hydrogen-bond donors (Lipinski definition) is 0. The molecule has 0 aliphatic carbocycles. The zero-order valence-electron chi connectivity index (χ0n) is 12.7. The van der Waals surface area contributed by atoms with Crippen molar-refractivity contribution < 1.29 is 22.7 Å². The predicted molar refractivity (Wildman–Crippen MR) is 82.1 cm³/mol. The first-order valence-corrected chi connectivity index (χ1v) is 9.04. The van der Waals surface area contributed by atoms with Gasteiger partial charge < -0.3 is 9.47 Å². The first-order chi connectivity index (χ1) is 9.87. The fourth-order valence-corrected chi connectivity index (χ4v) is 2.53. The highest BCUT2D eigenvalue weighted by Gasteiger charge is 2.12. The molecule has 0 saturated heterocycles. The van der Waals surface area contributed by atoms with Crippen molar-refractivity contribution >= 4 is 15.6 Å². The molecule has 0 heterocycles. The highest BCUT2D eigenvalue weighted by molar-refractivity contribution is 7.90. The molecule has 0 aliphatic rings. The summed E-state index contributed by atoms with van der Waals surface area (Å²) >= 11 is 0. The first kappa shape index (κ1) is 17.5. The van der Waals surface area contributed by atoms with Crippen LogP contribution in [0.15, 0.2) is 18.2 Å². The highest BCUT2D eigenvalue weighted by Crippen LogP contribution is 2.29. The number of carbonyl (C=O) groups is 1. The van der Waals surface area contributed by atoms with E-state index in [2.05, 4.69) is 0 Å². The average molecular weight is 314 g/mol. The third-order valence-corrected chi connectivity index (χ3v) is 3.81. The molecule has 5 nitrogen and oxygen atoms in total. The first-order valence-electron chi connectivity index (χ1n) is 6.98. The lowest BCUT2D eigenvalue weighted by molar-refractivity contribution is 0.0981. The van der Waals surface area contributed by atoms with Crippen LogP contribution in [-0.4, -0.2) is 39.4 Å². The standard InChI is InChI=1S/C15H22O5S/c1-4-19-14-9-8-12(11-15(14)20-5-2)13(16)7-6-10-21(3,17)18/h8-9,11H,4-7,10H2,1-3H3. The number of carbonyl (C=O) groups excluding carboxylic acids is 1. The number of benzene rings is 1. The number of Topliss-reactive ketones (excluding diaryl/α,β-unsaturated/α-hetero) is 1. The summed E-state index contributed by atoms with van der Waals surface area (Å²) in [4.78, 5) is 12.1. The second kappa shape index (κ2) is 8.02. The molecule has 0 bridgehead atoms. The Bertz CT molecular complexity index is 578. The van der Waals surface area contributed by atoms with Crippen LogP contribution in [0.4, 0.5) is 0 Å². The van der Waals surface area contributed by atoms with Gasteiger partial charge in [0.25, 0.3) is 0 Å². The maximum Gasteiger partial charge on any atom is 0.163 e. The van der Waals surface area contributed by atoms with Crippen molar-refractivity contribution in [1.82, 2.24) is 0 Å². The molecule has 0 radical (unpaired) electrons. The lowest BCUT2D eigenvalue weighted by atomic mass is 10.1. The van der Waals surface area contributed by atoms with Gasteiger partial charge in [0, 0.05) is 18.2 Å². The molecule has 0 spiro atoms. The second-order valence-electron chi connectivity index (χ2n) is 4.68. The molecule has 0 unspecified atom stereocenters.